The molecule has 88 valence electrons. The second-order valence-corrected chi connectivity index (χ2v) is 3.46. The van der Waals surface area contributed by atoms with Gasteiger partial charge in [0.15, 0.2) is 0 Å². The number of nitrogens with one attached hydrogen (secondary N) is 2. The Bertz CT molecular complexity index is 186. The highest BCUT2D eigenvalue weighted by Gasteiger charge is 2.08. The van der Waals surface area contributed by atoms with Gasteiger partial charge in [0.1, 0.15) is 12.3 Å². The lowest BCUT2D eigenvalue weighted by Crippen LogP contribution is -2.42. The maximum absolute atomic E-state index is 10.4. The van der Waals surface area contributed by atoms with E-state index in [1.807, 2.05) is 0 Å². The molecule has 0 rings (SSSR count). The molecule has 5 heteroatoms. The lowest BCUT2D eigenvalue weighted by molar-refractivity contribution is -0.109. The van der Waals surface area contributed by atoms with Crippen molar-refractivity contribution in [2.75, 3.05) is 13.1 Å². The van der Waals surface area contributed by atoms with Gasteiger partial charge in [-0.05, 0) is 13.0 Å². The fraction of sp³-hybridized carbons (Fsp3) is 0.800. The molecule has 0 aromatic carbocycles. The summed E-state index contributed by atoms with van der Waals surface area (Å²) in [5.41, 5.74) is 0. The summed E-state index contributed by atoms with van der Waals surface area (Å²) in [4.78, 5) is 20.7. The summed E-state index contributed by atoms with van der Waals surface area (Å²) in [5, 5.41) is 13.6. The standard InChI is InChI=1S/C10H20N2O3/c1-2-3-4-5-6-11-7-9(8-13)12-10(14)15/h8-9,11-12H,2-7H2,1H3,(H,14,15). The van der Waals surface area contributed by atoms with E-state index in [0.29, 0.717) is 12.8 Å². The Kier molecular flexibility index (Phi) is 8.76. The van der Waals surface area contributed by atoms with Crippen LogP contribution in [0.1, 0.15) is 32.6 Å². The van der Waals surface area contributed by atoms with Gasteiger partial charge in [0, 0.05) is 6.54 Å². The zero-order valence-corrected chi connectivity index (χ0v) is 9.16. The summed E-state index contributed by atoms with van der Waals surface area (Å²) in [6, 6.07) is -0.645. The van der Waals surface area contributed by atoms with E-state index < -0.39 is 12.1 Å². The predicted octanol–water partition coefficient (Wildman–Crippen LogP) is 0.991. The van der Waals surface area contributed by atoms with Crippen LogP contribution in [0.3, 0.4) is 0 Å². The van der Waals surface area contributed by atoms with Crippen LogP contribution in [-0.2, 0) is 4.79 Å². The lowest BCUT2D eigenvalue weighted by atomic mass is 10.2. The molecule has 0 saturated carbocycles. The van der Waals surface area contributed by atoms with Gasteiger partial charge in [-0.3, -0.25) is 0 Å². The Morgan fingerprint density at radius 2 is 2.13 bits per heavy atom. The Labute approximate surface area is 90.2 Å². The number of amides is 1. The average Bonchev–Trinajstić information content (AvgIpc) is 2.20. The number of rotatable bonds is 9. The van der Waals surface area contributed by atoms with Crippen molar-refractivity contribution in [1.82, 2.24) is 10.6 Å². The normalized spacial score (nSPS) is 12.1. The van der Waals surface area contributed by atoms with Crippen LogP contribution in [0.5, 0.6) is 0 Å². The van der Waals surface area contributed by atoms with Crippen molar-refractivity contribution in [3.8, 4) is 0 Å². The number of hydrogen-bond donors (Lipinski definition) is 3. The zero-order valence-electron chi connectivity index (χ0n) is 9.16. The fourth-order valence-electron chi connectivity index (χ4n) is 1.23. The minimum Gasteiger partial charge on any atom is -0.465 e. The molecule has 5 nitrogen and oxygen atoms in total. The van der Waals surface area contributed by atoms with E-state index in [4.69, 9.17) is 5.11 Å². The highest BCUT2D eigenvalue weighted by Crippen LogP contribution is 1.96. The van der Waals surface area contributed by atoms with E-state index in [0.717, 1.165) is 13.0 Å². The van der Waals surface area contributed by atoms with Gasteiger partial charge in [0.2, 0.25) is 0 Å². The third kappa shape index (κ3) is 9.21. The summed E-state index contributed by atoms with van der Waals surface area (Å²) in [7, 11) is 0. The number of unbranched alkanes of at least 4 members (excludes halogenated alkanes) is 3. The molecule has 0 aromatic heterocycles. The minimum atomic E-state index is -1.17. The first-order chi connectivity index (χ1) is 7.20. The van der Waals surface area contributed by atoms with Crippen molar-refractivity contribution in [2.45, 2.75) is 38.6 Å². The third-order valence-corrected chi connectivity index (χ3v) is 2.04. The van der Waals surface area contributed by atoms with Crippen LogP contribution in [0.15, 0.2) is 0 Å². The predicted molar refractivity (Wildman–Crippen MR) is 58.0 cm³/mol. The van der Waals surface area contributed by atoms with Crippen molar-refractivity contribution in [3.05, 3.63) is 0 Å². The molecule has 0 spiro atoms. The SMILES string of the molecule is CCCCCCNCC(C=O)NC(=O)O. The molecule has 0 radical (unpaired) electrons. The number of carboxylic acid groups (broad SMARTS) is 1. The van der Waals surface area contributed by atoms with Crippen molar-refractivity contribution < 1.29 is 14.7 Å². The Morgan fingerprint density at radius 3 is 2.67 bits per heavy atom. The largest absolute Gasteiger partial charge is 0.465 e. The Hall–Kier alpha value is -1.10. The van der Waals surface area contributed by atoms with Crippen molar-refractivity contribution in [1.29, 1.82) is 0 Å². The van der Waals surface area contributed by atoms with Gasteiger partial charge in [-0.1, -0.05) is 26.2 Å². The minimum absolute atomic E-state index is 0.363. The molecular weight excluding hydrogens is 196 g/mol. The molecule has 0 aliphatic rings. The first-order valence-corrected chi connectivity index (χ1v) is 5.36. The second-order valence-electron chi connectivity index (χ2n) is 3.46. The Morgan fingerprint density at radius 1 is 1.40 bits per heavy atom. The monoisotopic (exact) mass is 216 g/mol. The maximum atomic E-state index is 10.4. The second kappa shape index (κ2) is 9.45. The van der Waals surface area contributed by atoms with Crippen LogP contribution < -0.4 is 10.6 Å². The average molecular weight is 216 g/mol. The summed E-state index contributed by atoms with van der Waals surface area (Å²) >= 11 is 0. The highest BCUT2D eigenvalue weighted by molar-refractivity contribution is 5.71. The van der Waals surface area contributed by atoms with E-state index in [-0.39, 0.29) is 0 Å². The van der Waals surface area contributed by atoms with Gasteiger partial charge >= 0.3 is 6.09 Å². The molecule has 0 aromatic rings. The molecule has 1 atom stereocenters. The molecule has 0 saturated heterocycles. The maximum Gasteiger partial charge on any atom is 0.405 e. The number of carbonyl (C=O) groups excluding carboxylic acids is 1. The third-order valence-electron chi connectivity index (χ3n) is 2.04. The van der Waals surface area contributed by atoms with Crippen molar-refractivity contribution in [2.24, 2.45) is 0 Å². The smallest absolute Gasteiger partial charge is 0.405 e. The molecule has 0 heterocycles. The number of carbonyl (C=O) groups is 2. The van der Waals surface area contributed by atoms with Gasteiger partial charge in [0.25, 0.3) is 0 Å². The molecule has 0 bridgehead atoms. The van der Waals surface area contributed by atoms with Crippen LogP contribution in [-0.4, -0.2) is 36.6 Å². The summed E-state index contributed by atoms with van der Waals surface area (Å²) < 4.78 is 0. The molecule has 0 fully saturated rings. The Balaban J connectivity index is 3.38. The topological polar surface area (TPSA) is 78.4 Å². The molecule has 3 N–H and O–H groups in total. The molecular formula is C10H20N2O3. The van der Waals surface area contributed by atoms with Crippen LogP contribution in [0, 0.1) is 0 Å². The van der Waals surface area contributed by atoms with E-state index >= 15 is 0 Å². The molecule has 1 unspecified atom stereocenters. The van der Waals surface area contributed by atoms with Crippen LogP contribution in [0.25, 0.3) is 0 Å². The van der Waals surface area contributed by atoms with Crippen LogP contribution in [0.2, 0.25) is 0 Å². The van der Waals surface area contributed by atoms with E-state index in [9.17, 15) is 9.59 Å². The summed E-state index contributed by atoms with van der Waals surface area (Å²) in [6.45, 7) is 3.33. The first-order valence-electron chi connectivity index (χ1n) is 5.36. The lowest BCUT2D eigenvalue weighted by Gasteiger charge is -2.10. The van der Waals surface area contributed by atoms with Gasteiger partial charge in [-0.2, -0.15) is 0 Å². The summed E-state index contributed by atoms with van der Waals surface area (Å²) in [6.07, 6.45) is 4.07. The number of hydrogen-bond acceptors (Lipinski definition) is 3. The van der Waals surface area contributed by atoms with E-state index in [1.54, 1.807) is 0 Å². The van der Waals surface area contributed by atoms with Crippen LogP contribution >= 0.6 is 0 Å². The summed E-state index contributed by atoms with van der Waals surface area (Å²) in [5.74, 6) is 0. The molecule has 15 heavy (non-hydrogen) atoms. The van der Waals surface area contributed by atoms with Crippen molar-refractivity contribution >= 4 is 12.4 Å². The first kappa shape index (κ1) is 13.9. The van der Waals surface area contributed by atoms with E-state index in [1.165, 1.54) is 19.3 Å². The molecule has 0 aliphatic heterocycles. The van der Waals surface area contributed by atoms with Crippen molar-refractivity contribution in [3.63, 3.8) is 0 Å². The zero-order chi connectivity index (χ0) is 11.5. The quantitative estimate of drug-likeness (QED) is 0.397. The number of aldehydes is 1. The highest BCUT2D eigenvalue weighted by atomic mass is 16.4. The van der Waals surface area contributed by atoms with Crippen LogP contribution in [0.4, 0.5) is 4.79 Å². The van der Waals surface area contributed by atoms with Gasteiger partial charge in [0.05, 0.1) is 0 Å². The molecule has 1 amide bonds. The van der Waals surface area contributed by atoms with Gasteiger partial charge < -0.3 is 20.5 Å². The van der Waals surface area contributed by atoms with Gasteiger partial charge in [-0.25, -0.2) is 4.79 Å². The fourth-order valence-corrected chi connectivity index (χ4v) is 1.23. The molecule has 0 aliphatic carbocycles. The van der Waals surface area contributed by atoms with Gasteiger partial charge in [-0.15, -0.1) is 0 Å². The van der Waals surface area contributed by atoms with E-state index in [2.05, 4.69) is 17.6 Å².